The predicted molar refractivity (Wildman–Crippen MR) is 83.9 cm³/mol. The van der Waals surface area contributed by atoms with Crippen molar-refractivity contribution >= 4 is 6.03 Å². The zero-order valence-electron chi connectivity index (χ0n) is 12.9. The van der Waals surface area contributed by atoms with Crippen LogP contribution in [-0.2, 0) is 6.42 Å². The molecule has 0 fully saturated rings. The molecule has 1 heterocycles. The Morgan fingerprint density at radius 3 is 2.83 bits per heavy atom. The summed E-state index contributed by atoms with van der Waals surface area (Å²) >= 11 is 0. The molecular weight excluding hydrogens is 300 g/mol. The first-order chi connectivity index (χ1) is 11.1. The Bertz CT molecular complexity index is 650. The molecule has 2 aromatic rings. The van der Waals surface area contributed by atoms with Crippen molar-refractivity contribution in [3.05, 3.63) is 65.5 Å². The minimum absolute atomic E-state index is 0.148. The molecule has 23 heavy (non-hydrogen) atoms. The molecule has 0 saturated heterocycles. The van der Waals surface area contributed by atoms with Gasteiger partial charge in [-0.1, -0.05) is 13.0 Å². The fraction of sp³-hybridized carbons (Fsp3) is 0.294. The van der Waals surface area contributed by atoms with Crippen LogP contribution in [0.3, 0.4) is 0 Å². The average molecular weight is 319 g/mol. The van der Waals surface area contributed by atoms with Gasteiger partial charge in [-0.3, -0.25) is 4.98 Å². The van der Waals surface area contributed by atoms with Gasteiger partial charge in [-0.05, 0) is 42.7 Å². The summed E-state index contributed by atoms with van der Waals surface area (Å²) in [7, 11) is 0. The van der Waals surface area contributed by atoms with E-state index in [4.69, 9.17) is 0 Å². The van der Waals surface area contributed by atoms with Gasteiger partial charge in [-0.25, -0.2) is 13.6 Å². The fourth-order valence-electron chi connectivity index (χ4n) is 2.26. The van der Waals surface area contributed by atoms with Crippen LogP contribution in [0.25, 0.3) is 0 Å². The van der Waals surface area contributed by atoms with Gasteiger partial charge in [0.1, 0.15) is 11.6 Å². The second-order valence-electron chi connectivity index (χ2n) is 5.14. The Balaban J connectivity index is 1.88. The maximum absolute atomic E-state index is 13.8. The first kappa shape index (κ1) is 16.9. The molecule has 2 N–H and O–H groups in total. The number of amides is 2. The number of aromatic nitrogens is 1. The second-order valence-corrected chi connectivity index (χ2v) is 5.14. The minimum atomic E-state index is -0.580. The number of hydrogen-bond donors (Lipinski definition) is 2. The lowest BCUT2D eigenvalue weighted by molar-refractivity contribution is 0.236. The highest BCUT2D eigenvalue weighted by Crippen LogP contribution is 2.21. The van der Waals surface area contributed by atoms with Gasteiger partial charge in [-0.15, -0.1) is 0 Å². The largest absolute Gasteiger partial charge is 0.338 e. The number of nitrogens with zero attached hydrogens (tertiary/aromatic N) is 1. The van der Waals surface area contributed by atoms with E-state index in [-0.39, 0.29) is 5.56 Å². The van der Waals surface area contributed by atoms with Crippen LogP contribution in [0.1, 0.15) is 30.5 Å². The van der Waals surface area contributed by atoms with E-state index in [0.29, 0.717) is 19.4 Å². The minimum Gasteiger partial charge on any atom is -0.338 e. The highest BCUT2D eigenvalue weighted by Gasteiger charge is 2.17. The molecule has 1 aromatic heterocycles. The molecule has 1 atom stereocenters. The molecule has 1 aromatic carbocycles. The van der Waals surface area contributed by atoms with E-state index >= 15 is 0 Å². The smallest absolute Gasteiger partial charge is 0.315 e. The number of carbonyl (C=O) groups is 1. The second kappa shape index (κ2) is 8.22. The van der Waals surface area contributed by atoms with E-state index in [1.54, 1.807) is 19.3 Å². The van der Waals surface area contributed by atoms with Gasteiger partial charge in [0.15, 0.2) is 0 Å². The van der Waals surface area contributed by atoms with Crippen LogP contribution >= 0.6 is 0 Å². The van der Waals surface area contributed by atoms with Crippen molar-refractivity contribution in [2.45, 2.75) is 25.8 Å². The molecule has 2 rings (SSSR count). The molecule has 0 spiro atoms. The van der Waals surface area contributed by atoms with Crippen LogP contribution in [0.2, 0.25) is 0 Å². The van der Waals surface area contributed by atoms with Crippen molar-refractivity contribution in [1.82, 2.24) is 15.6 Å². The average Bonchev–Trinajstić information content (AvgIpc) is 2.56. The zero-order chi connectivity index (χ0) is 16.7. The van der Waals surface area contributed by atoms with Gasteiger partial charge in [0.2, 0.25) is 0 Å². The van der Waals surface area contributed by atoms with Gasteiger partial charge in [0.25, 0.3) is 0 Å². The third-order valence-corrected chi connectivity index (χ3v) is 3.47. The summed E-state index contributed by atoms with van der Waals surface area (Å²) in [5.41, 5.74) is 1.16. The topological polar surface area (TPSA) is 54.0 Å². The van der Waals surface area contributed by atoms with Crippen LogP contribution in [0.5, 0.6) is 0 Å². The highest BCUT2D eigenvalue weighted by atomic mass is 19.1. The number of urea groups is 1. The molecular formula is C17H19F2N3O. The number of halogens is 2. The third-order valence-electron chi connectivity index (χ3n) is 3.47. The molecule has 0 aliphatic heterocycles. The van der Waals surface area contributed by atoms with Gasteiger partial charge in [-0.2, -0.15) is 0 Å². The van der Waals surface area contributed by atoms with Crippen molar-refractivity contribution in [1.29, 1.82) is 0 Å². The van der Waals surface area contributed by atoms with Crippen LogP contribution in [0.15, 0.2) is 42.7 Å². The van der Waals surface area contributed by atoms with E-state index in [2.05, 4.69) is 15.6 Å². The summed E-state index contributed by atoms with van der Waals surface area (Å²) < 4.78 is 27.1. The maximum atomic E-state index is 13.8. The Hall–Kier alpha value is -2.50. The lowest BCUT2D eigenvalue weighted by atomic mass is 10.0. The summed E-state index contributed by atoms with van der Waals surface area (Å²) in [4.78, 5) is 15.9. The summed E-state index contributed by atoms with van der Waals surface area (Å²) in [5, 5.41) is 5.37. The highest BCUT2D eigenvalue weighted by molar-refractivity contribution is 5.74. The van der Waals surface area contributed by atoms with E-state index in [0.717, 1.165) is 23.8 Å². The Labute approximate surface area is 133 Å². The zero-order valence-corrected chi connectivity index (χ0v) is 12.9. The molecule has 2 amide bonds. The van der Waals surface area contributed by atoms with Crippen molar-refractivity contribution in [3.8, 4) is 0 Å². The molecule has 0 radical (unpaired) electrons. The standard InChI is InChI=1S/C17H19F2N3O/c1-2-16(14-10-13(18)5-6-15(14)19)22-17(23)21-9-7-12-4-3-8-20-11-12/h3-6,8,10-11,16H,2,7,9H2,1H3,(H2,21,22,23)/t16-/m0/s1. The lowest BCUT2D eigenvalue weighted by Gasteiger charge is -2.18. The quantitative estimate of drug-likeness (QED) is 0.858. The summed E-state index contributed by atoms with van der Waals surface area (Å²) in [6, 6.07) is 5.99. The fourth-order valence-corrected chi connectivity index (χ4v) is 2.26. The number of carbonyl (C=O) groups excluding carboxylic acids is 1. The molecule has 0 aliphatic rings. The summed E-state index contributed by atoms with van der Waals surface area (Å²) in [5.74, 6) is -1.06. The monoisotopic (exact) mass is 319 g/mol. The Kier molecular flexibility index (Phi) is 6.02. The maximum Gasteiger partial charge on any atom is 0.315 e. The molecule has 0 unspecified atom stereocenters. The number of nitrogens with one attached hydrogen (secondary N) is 2. The van der Waals surface area contributed by atoms with E-state index < -0.39 is 23.7 Å². The first-order valence-electron chi connectivity index (χ1n) is 7.48. The summed E-state index contributed by atoms with van der Waals surface area (Å²) in [6.45, 7) is 2.23. The van der Waals surface area contributed by atoms with Crippen molar-refractivity contribution < 1.29 is 13.6 Å². The summed E-state index contributed by atoms with van der Waals surface area (Å²) in [6.07, 6.45) is 4.52. The van der Waals surface area contributed by atoms with Crippen molar-refractivity contribution in [2.75, 3.05) is 6.54 Å². The molecule has 6 heteroatoms. The van der Waals surface area contributed by atoms with Gasteiger partial charge in [0, 0.05) is 24.5 Å². The molecule has 0 saturated carbocycles. The normalized spacial score (nSPS) is 11.8. The van der Waals surface area contributed by atoms with Gasteiger partial charge >= 0.3 is 6.03 Å². The first-order valence-corrected chi connectivity index (χ1v) is 7.48. The van der Waals surface area contributed by atoms with Gasteiger partial charge < -0.3 is 10.6 Å². The van der Waals surface area contributed by atoms with Crippen LogP contribution in [0.4, 0.5) is 13.6 Å². The van der Waals surface area contributed by atoms with Crippen LogP contribution in [-0.4, -0.2) is 17.6 Å². The number of pyridine rings is 1. The van der Waals surface area contributed by atoms with Crippen molar-refractivity contribution in [3.63, 3.8) is 0 Å². The molecule has 0 aliphatic carbocycles. The lowest BCUT2D eigenvalue weighted by Crippen LogP contribution is -2.39. The van der Waals surface area contributed by atoms with Gasteiger partial charge in [0.05, 0.1) is 6.04 Å². The molecule has 4 nitrogen and oxygen atoms in total. The predicted octanol–water partition coefficient (Wildman–Crippen LogP) is 3.35. The van der Waals surface area contributed by atoms with Crippen LogP contribution < -0.4 is 10.6 Å². The molecule has 122 valence electrons. The van der Waals surface area contributed by atoms with Crippen LogP contribution in [0, 0.1) is 11.6 Å². The van der Waals surface area contributed by atoms with E-state index in [1.165, 1.54) is 0 Å². The Morgan fingerprint density at radius 2 is 2.13 bits per heavy atom. The number of rotatable bonds is 6. The third kappa shape index (κ3) is 5.02. The number of hydrogen-bond acceptors (Lipinski definition) is 2. The van der Waals surface area contributed by atoms with E-state index in [1.807, 2.05) is 12.1 Å². The SMILES string of the molecule is CC[C@H](NC(=O)NCCc1cccnc1)c1cc(F)ccc1F. The Morgan fingerprint density at radius 1 is 1.30 bits per heavy atom. The number of benzene rings is 1. The molecule has 0 bridgehead atoms. The van der Waals surface area contributed by atoms with Crippen molar-refractivity contribution in [2.24, 2.45) is 0 Å². The van der Waals surface area contributed by atoms with E-state index in [9.17, 15) is 13.6 Å².